The number of amides is 1. The molecule has 0 bridgehead atoms. The average Bonchev–Trinajstić information content (AvgIpc) is 2.54. The normalized spacial score (nSPS) is 27.9. The number of carbonyl (C=O) groups is 1. The number of alkyl halides is 9. The molecule has 1 heterocycles. The van der Waals surface area contributed by atoms with Crippen molar-refractivity contribution in [1.82, 2.24) is 5.32 Å². The van der Waals surface area contributed by atoms with Gasteiger partial charge < -0.3 is 5.32 Å². The molecule has 3 nitrogen and oxygen atoms in total. The standard InChI is InChI=1S/C12H14F9NO2/c1-2-3-4-5-6-22-7(23)8(13,14)11(19)9(15,16)10(17,18)12(20,21)24-11/h2-6H2,1H3,(H,22,23). The number of nitrogens with one attached hydrogen (secondary N) is 1. The molecule has 1 saturated heterocycles. The van der Waals surface area contributed by atoms with Crippen molar-refractivity contribution in [2.24, 2.45) is 0 Å². The van der Waals surface area contributed by atoms with Crippen molar-refractivity contribution >= 4 is 5.91 Å². The predicted octanol–water partition coefficient (Wildman–Crippen LogP) is 3.88. The molecule has 0 aliphatic carbocycles. The van der Waals surface area contributed by atoms with Gasteiger partial charge in [-0.25, -0.2) is 0 Å². The Morgan fingerprint density at radius 3 is 1.92 bits per heavy atom. The van der Waals surface area contributed by atoms with Crippen molar-refractivity contribution in [3.63, 3.8) is 0 Å². The molecule has 0 spiro atoms. The Morgan fingerprint density at radius 2 is 1.50 bits per heavy atom. The van der Waals surface area contributed by atoms with Crippen LogP contribution in [0, 0.1) is 0 Å². The van der Waals surface area contributed by atoms with Crippen molar-refractivity contribution in [2.45, 2.75) is 62.3 Å². The first-order valence-electron chi connectivity index (χ1n) is 6.87. The van der Waals surface area contributed by atoms with Crippen LogP contribution in [0.3, 0.4) is 0 Å². The Kier molecular flexibility index (Phi) is 5.44. The van der Waals surface area contributed by atoms with Crippen LogP contribution < -0.4 is 5.32 Å². The van der Waals surface area contributed by atoms with E-state index in [-0.39, 0.29) is 6.42 Å². The molecule has 1 aliphatic rings. The van der Waals surface area contributed by atoms with Gasteiger partial charge in [-0.1, -0.05) is 26.2 Å². The number of halogens is 9. The largest absolute Gasteiger partial charge is 0.428 e. The van der Waals surface area contributed by atoms with Gasteiger partial charge in [0, 0.05) is 6.54 Å². The Labute approximate surface area is 130 Å². The van der Waals surface area contributed by atoms with Crippen LogP contribution in [0.1, 0.15) is 32.6 Å². The van der Waals surface area contributed by atoms with Gasteiger partial charge in [-0.2, -0.15) is 39.5 Å². The van der Waals surface area contributed by atoms with Gasteiger partial charge in [-0.3, -0.25) is 9.53 Å². The Hall–Kier alpha value is -1.20. The van der Waals surface area contributed by atoms with Crippen LogP contribution in [0.2, 0.25) is 0 Å². The average molecular weight is 375 g/mol. The molecule has 1 fully saturated rings. The maximum atomic E-state index is 13.8. The van der Waals surface area contributed by atoms with Gasteiger partial charge in [0.15, 0.2) is 0 Å². The van der Waals surface area contributed by atoms with E-state index in [1.54, 1.807) is 6.92 Å². The highest BCUT2D eigenvalue weighted by atomic mass is 19.4. The third-order valence-corrected chi connectivity index (χ3v) is 3.44. The van der Waals surface area contributed by atoms with Crippen molar-refractivity contribution in [3.05, 3.63) is 0 Å². The van der Waals surface area contributed by atoms with E-state index in [0.717, 1.165) is 6.42 Å². The predicted molar refractivity (Wildman–Crippen MR) is 61.9 cm³/mol. The quantitative estimate of drug-likeness (QED) is 0.542. The zero-order chi connectivity index (χ0) is 19.0. The maximum absolute atomic E-state index is 13.8. The van der Waals surface area contributed by atoms with E-state index in [2.05, 4.69) is 4.74 Å². The lowest BCUT2D eigenvalue weighted by Crippen LogP contribution is -2.64. The summed E-state index contributed by atoms with van der Waals surface area (Å²) in [5, 5.41) is 1.34. The summed E-state index contributed by atoms with van der Waals surface area (Å²) in [7, 11) is 0. The van der Waals surface area contributed by atoms with Crippen LogP contribution in [0.5, 0.6) is 0 Å². The fraction of sp³-hybridized carbons (Fsp3) is 0.917. The van der Waals surface area contributed by atoms with Crippen LogP contribution in [-0.2, 0) is 9.53 Å². The fourth-order valence-corrected chi connectivity index (χ4v) is 1.96. The molecule has 24 heavy (non-hydrogen) atoms. The summed E-state index contributed by atoms with van der Waals surface area (Å²) in [6, 6.07) is 0. The molecule has 0 aromatic heterocycles. The van der Waals surface area contributed by atoms with Crippen LogP contribution in [0.15, 0.2) is 0 Å². The molecule has 12 heteroatoms. The van der Waals surface area contributed by atoms with E-state index >= 15 is 0 Å². The number of rotatable bonds is 7. The van der Waals surface area contributed by atoms with Gasteiger partial charge in [0.1, 0.15) is 0 Å². The smallest absolute Gasteiger partial charge is 0.351 e. The van der Waals surface area contributed by atoms with E-state index in [4.69, 9.17) is 0 Å². The van der Waals surface area contributed by atoms with Gasteiger partial charge in [0.25, 0.3) is 5.91 Å². The van der Waals surface area contributed by atoms with Crippen molar-refractivity contribution in [1.29, 1.82) is 0 Å². The van der Waals surface area contributed by atoms with Crippen LogP contribution in [-0.4, -0.2) is 42.2 Å². The molecule has 142 valence electrons. The first-order chi connectivity index (χ1) is 10.7. The summed E-state index contributed by atoms with van der Waals surface area (Å²) in [6.07, 6.45) is -4.28. The second-order valence-corrected chi connectivity index (χ2v) is 5.25. The Morgan fingerprint density at radius 1 is 0.958 bits per heavy atom. The molecule has 1 N–H and O–H groups in total. The lowest BCUT2D eigenvalue weighted by molar-refractivity contribution is -0.367. The molecular weight excluding hydrogens is 361 g/mol. The monoisotopic (exact) mass is 375 g/mol. The molecule has 0 aromatic rings. The molecule has 1 amide bonds. The summed E-state index contributed by atoms with van der Waals surface area (Å²) in [5.41, 5.74) is 0. The lowest BCUT2D eigenvalue weighted by atomic mass is 9.99. The third-order valence-electron chi connectivity index (χ3n) is 3.44. The SMILES string of the molecule is CCCCCCNC(=O)C(F)(F)C1(F)OC(F)(F)C(F)(F)C1(F)F. The highest BCUT2D eigenvalue weighted by Crippen LogP contribution is 2.64. The van der Waals surface area contributed by atoms with E-state index in [9.17, 15) is 44.3 Å². The second-order valence-electron chi connectivity index (χ2n) is 5.25. The molecule has 1 aliphatic heterocycles. The Balaban J connectivity index is 2.98. The summed E-state index contributed by atoms with van der Waals surface area (Å²) in [5.74, 6) is -28.2. The van der Waals surface area contributed by atoms with E-state index in [1.165, 1.54) is 5.32 Å². The van der Waals surface area contributed by atoms with Crippen LogP contribution in [0.4, 0.5) is 39.5 Å². The molecule has 1 rings (SSSR count). The Bertz CT molecular complexity index is 483. The minimum atomic E-state index is -6.65. The maximum Gasteiger partial charge on any atom is 0.428 e. The number of unbranched alkanes of at least 4 members (excludes halogenated alkanes) is 3. The highest BCUT2D eigenvalue weighted by Gasteiger charge is 2.96. The minimum Gasteiger partial charge on any atom is -0.351 e. The fourth-order valence-electron chi connectivity index (χ4n) is 1.96. The van der Waals surface area contributed by atoms with Crippen LogP contribution in [0.25, 0.3) is 0 Å². The molecular formula is C12H14F9NO2. The van der Waals surface area contributed by atoms with Gasteiger partial charge >= 0.3 is 29.7 Å². The topological polar surface area (TPSA) is 38.3 Å². The third kappa shape index (κ3) is 2.82. The van der Waals surface area contributed by atoms with Gasteiger partial charge in [0.05, 0.1) is 0 Å². The summed E-state index contributed by atoms with van der Waals surface area (Å²) in [4.78, 5) is 11.2. The van der Waals surface area contributed by atoms with E-state index in [1.807, 2.05) is 0 Å². The zero-order valence-electron chi connectivity index (χ0n) is 12.3. The number of ether oxygens (including phenoxy) is 1. The number of hydrogen-bond donors (Lipinski definition) is 1. The highest BCUT2D eigenvalue weighted by molar-refractivity contribution is 5.85. The zero-order valence-corrected chi connectivity index (χ0v) is 12.3. The first kappa shape index (κ1) is 20.8. The number of carbonyl (C=O) groups excluding carboxylic acids is 1. The molecule has 1 atom stereocenters. The number of hydrogen-bond acceptors (Lipinski definition) is 2. The van der Waals surface area contributed by atoms with Crippen LogP contribution >= 0.6 is 0 Å². The molecule has 0 saturated carbocycles. The lowest BCUT2D eigenvalue weighted by Gasteiger charge is -2.31. The van der Waals surface area contributed by atoms with Gasteiger partial charge in [-0.05, 0) is 6.42 Å². The van der Waals surface area contributed by atoms with E-state index in [0.29, 0.717) is 12.8 Å². The molecule has 1 unspecified atom stereocenters. The van der Waals surface area contributed by atoms with Crippen molar-refractivity contribution in [2.75, 3.05) is 6.54 Å². The minimum absolute atomic E-state index is 0.110. The van der Waals surface area contributed by atoms with E-state index < -0.39 is 42.2 Å². The summed E-state index contributed by atoms with van der Waals surface area (Å²) in [6.45, 7) is 1.29. The van der Waals surface area contributed by atoms with Gasteiger partial charge in [0.2, 0.25) is 0 Å². The summed E-state index contributed by atoms with van der Waals surface area (Å²) >= 11 is 0. The van der Waals surface area contributed by atoms with Gasteiger partial charge in [-0.15, -0.1) is 0 Å². The van der Waals surface area contributed by atoms with Crippen molar-refractivity contribution in [3.8, 4) is 0 Å². The van der Waals surface area contributed by atoms with Crippen molar-refractivity contribution < 1.29 is 49.0 Å². The first-order valence-corrected chi connectivity index (χ1v) is 6.87. The summed E-state index contributed by atoms with van der Waals surface area (Å²) < 4.78 is 121. The molecule has 0 aromatic carbocycles. The second kappa shape index (κ2) is 6.26. The molecule has 0 radical (unpaired) electrons.